The van der Waals surface area contributed by atoms with Crippen LogP contribution in [-0.4, -0.2) is 46.9 Å². The van der Waals surface area contributed by atoms with Crippen molar-refractivity contribution in [3.63, 3.8) is 0 Å². The van der Waals surface area contributed by atoms with Crippen molar-refractivity contribution in [1.82, 2.24) is 14.8 Å². The topological polar surface area (TPSA) is 62.5 Å². The van der Waals surface area contributed by atoms with Gasteiger partial charge in [-0.15, -0.1) is 24.8 Å². The molecular formula is C20H28Cl2N4O. The average Bonchev–Trinajstić information content (AvgIpc) is 2.64. The number of nitrogen functional groups attached to an aromatic ring is 1. The zero-order valence-corrected chi connectivity index (χ0v) is 17.2. The number of likely N-dealkylation sites (tertiary alicyclic amines) is 1. The molecule has 5 nitrogen and oxygen atoms in total. The molecule has 7 heteroatoms. The van der Waals surface area contributed by atoms with Crippen LogP contribution in [0.3, 0.4) is 0 Å². The number of hydrogen-bond donors (Lipinski definition) is 1. The van der Waals surface area contributed by atoms with Gasteiger partial charge in [-0.3, -0.25) is 14.7 Å². The van der Waals surface area contributed by atoms with Crippen LogP contribution in [0.25, 0.3) is 0 Å². The average molecular weight is 411 g/mol. The summed E-state index contributed by atoms with van der Waals surface area (Å²) in [6.45, 7) is 3.04. The lowest BCUT2D eigenvalue weighted by Gasteiger charge is -2.36. The van der Waals surface area contributed by atoms with Gasteiger partial charge in [0.05, 0.1) is 18.3 Å². The highest BCUT2D eigenvalue weighted by Crippen LogP contribution is 2.18. The van der Waals surface area contributed by atoms with E-state index in [0.29, 0.717) is 18.2 Å². The molecule has 2 N–H and O–H groups in total. The van der Waals surface area contributed by atoms with E-state index in [1.54, 1.807) is 12.3 Å². The standard InChI is InChI=1S/C20H26N4O.2ClH/c1-23(20(25)13-18-8-7-17(21)14-22-18)19-9-11-24(12-10-19)15-16-5-3-2-4-6-16;;/h2-8,14,19H,9-13,15,21H2,1H3;2*1H. The van der Waals surface area contributed by atoms with E-state index < -0.39 is 0 Å². The number of rotatable bonds is 5. The number of pyridine rings is 1. The number of nitrogens with zero attached hydrogens (tertiary/aromatic N) is 3. The Labute approximate surface area is 173 Å². The lowest BCUT2D eigenvalue weighted by molar-refractivity contribution is -0.132. The molecule has 1 aliphatic rings. The summed E-state index contributed by atoms with van der Waals surface area (Å²) >= 11 is 0. The summed E-state index contributed by atoms with van der Waals surface area (Å²) in [5.41, 5.74) is 8.38. The number of carbonyl (C=O) groups is 1. The Hall–Kier alpha value is -1.82. The molecule has 148 valence electrons. The molecule has 0 bridgehead atoms. The number of piperidine rings is 1. The van der Waals surface area contributed by atoms with Gasteiger partial charge in [0.2, 0.25) is 5.91 Å². The molecule has 0 spiro atoms. The van der Waals surface area contributed by atoms with Gasteiger partial charge >= 0.3 is 0 Å². The van der Waals surface area contributed by atoms with Gasteiger partial charge in [-0.2, -0.15) is 0 Å². The van der Waals surface area contributed by atoms with Crippen molar-refractivity contribution in [1.29, 1.82) is 0 Å². The number of nitrogens with two attached hydrogens (primary N) is 1. The largest absolute Gasteiger partial charge is 0.397 e. The third kappa shape index (κ3) is 6.69. The molecule has 0 atom stereocenters. The minimum Gasteiger partial charge on any atom is -0.397 e. The van der Waals surface area contributed by atoms with E-state index in [-0.39, 0.29) is 30.7 Å². The molecule has 1 aliphatic heterocycles. The molecule has 1 amide bonds. The van der Waals surface area contributed by atoms with Gasteiger partial charge in [-0.05, 0) is 30.5 Å². The van der Waals surface area contributed by atoms with Crippen molar-refractivity contribution in [2.75, 3.05) is 25.9 Å². The SMILES string of the molecule is CN(C(=O)Cc1ccc(N)cn1)C1CCN(Cc2ccccc2)CC1.Cl.Cl. The molecule has 0 unspecified atom stereocenters. The van der Waals surface area contributed by atoms with E-state index in [0.717, 1.165) is 38.2 Å². The predicted octanol–water partition coefficient (Wildman–Crippen LogP) is 3.17. The quantitative estimate of drug-likeness (QED) is 0.821. The molecule has 1 aromatic heterocycles. The van der Waals surface area contributed by atoms with Gasteiger partial charge in [0.25, 0.3) is 0 Å². The van der Waals surface area contributed by atoms with E-state index in [9.17, 15) is 4.79 Å². The summed E-state index contributed by atoms with van der Waals surface area (Å²) in [6.07, 6.45) is 3.97. The minimum absolute atomic E-state index is 0. The van der Waals surface area contributed by atoms with E-state index in [2.05, 4.69) is 34.1 Å². The van der Waals surface area contributed by atoms with E-state index >= 15 is 0 Å². The molecule has 0 aliphatic carbocycles. The molecule has 1 aromatic carbocycles. The van der Waals surface area contributed by atoms with Crippen LogP contribution in [0.4, 0.5) is 5.69 Å². The van der Waals surface area contributed by atoms with Crippen LogP contribution in [0.5, 0.6) is 0 Å². The van der Waals surface area contributed by atoms with Gasteiger partial charge in [-0.25, -0.2) is 0 Å². The number of carbonyl (C=O) groups excluding carboxylic acids is 1. The Kier molecular flexibility index (Phi) is 9.56. The Morgan fingerprint density at radius 2 is 1.81 bits per heavy atom. The molecule has 0 saturated carbocycles. The van der Waals surface area contributed by atoms with Crippen molar-refractivity contribution in [2.24, 2.45) is 0 Å². The number of aromatic nitrogens is 1. The maximum absolute atomic E-state index is 12.5. The summed E-state index contributed by atoms with van der Waals surface area (Å²) in [5, 5.41) is 0. The van der Waals surface area contributed by atoms with Crippen molar-refractivity contribution < 1.29 is 4.79 Å². The van der Waals surface area contributed by atoms with Crippen LogP contribution >= 0.6 is 24.8 Å². The van der Waals surface area contributed by atoms with Crippen LogP contribution in [0.15, 0.2) is 48.7 Å². The highest BCUT2D eigenvalue weighted by atomic mass is 35.5. The first-order valence-corrected chi connectivity index (χ1v) is 8.84. The predicted molar refractivity (Wildman–Crippen MR) is 114 cm³/mol. The number of hydrogen-bond acceptors (Lipinski definition) is 4. The van der Waals surface area contributed by atoms with Gasteiger partial charge in [0.1, 0.15) is 0 Å². The van der Waals surface area contributed by atoms with Crippen molar-refractivity contribution in [3.05, 3.63) is 59.9 Å². The Morgan fingerprint density at radius 1 is 1.15 bits per heavy atom. The second kappa shape index (κ2) is 11.1. The number of likely N-dealkylation sites (N-methyl/N-ethyl adjacent to an activating group) is 1. The molecule has 0 radical (unpaired) electrons. The number of halogens is 2. The maximum atomic E-state index is 12.5. The first kappa shape index (κ1) is 23.2. The van der Waals surface area contributed by atoms with Gasteiger partial charge in [0, 0.05) is 38.4 Å². The van der Waals surface area contributed by atoms with Crippen molar-refractivity contribution >= 4 is 36.4 Å². The van der Waals surface area contributed by atoms with Crippen LogP contribution in [0.1, 0.15) is 24.1 Å². The second-order valence-corrected chi connectivity index (χ2v) is 6.76. The molecule has 2 heterocycles. The first-order valence-electron chi connectivity index (χ1n) is 8.84. The number of amides is 1. The molecule has 1 fully saturated rings. The molecule has 2 aromatic rings. The fourth-order valence-electron chi connectivity index (χ4n) is 3.33. The summed E-state index contributed by atoms with van der Waals surface area (Å²) in [7, 11) is 1.91. The Bertz CT molecular complexity index is 689. The lowest BCUT2D eigenvalue weighted by atomic mass is 10.0. The van der Waals surface area contributed by atoms with Crippen molar-refractivity contribution in [2.45, 2.75) is 31.8 Å². The van der Waals surface area contributed by atoms with Crippen molar-refractivity contribution in [3.8, 4) is 0 Å². The van der Waals surface area contributed by atoms with Crippen LogP contribution in [-0.2, 0) is 17.8 Å². The summed E-state index contributed by atoms with van der Waals surface area (Å²) in [4.78, 5) is 21.1. The highest BCUT2D eigenvalue weighted by Gasteiger charge is 2.25. The normalized spacial score (nSPS) is 14.7. The van der Waals surface area contributed by atoms with E-state index in [4.69, 9.17) is 5.73 Å². The monoisotopic (exact) mass is 410 g/mol. The van der Waals surface area contributed by atoms with Gasteiger partial charge in [-0.1, -0.05) is 30.3 Å². The fraction of sp³-hybridized carbons (Fsp3) is 0.400. The lowest BCUT2D eigenvalue weighted by Crippen LogP contribution is -2.45. The summed E-state index contributed by atoms with van der Waals surface area (Å²) in [6, 6.07) is 14.5. The van der Waals surface area contributed by atoms with Crippen LogP contribution in [0.2, 0.25) is 0 Å². The Balaban J connectivity index is 0.00000182. The molecule has 3 rings (SSSR count). The minimum atomic E-state index is 0. The van der Waals surface area contributed by atoms with Crippen LogP contribution in [0, 0.1) is 0 Å². The van der Waals surface area contributed by atoms with E-state index in [1.807, 2.05) is 24.1 Å². The van der Waals surface area contributed by atoms with Gasteiger partial charge < -0.3 is 10.6 Å². The smallest absolute Gasteiger partial charge is 0.228 e. The highest BCUT2D eigenvalue weighted by molar-refractivity contribution is 5.85. The zero-order valence-electron chi connectivity index (χ0n) is 15.6. The third-order valence-corrected chi connectivity index (χ3v) is 4.93. The number of anilines is 1. The first-order chi connectivity index (χ1) is 12.1. The second-order valence-electron chi connectivity index (χ2n) is 6.76. The number of benzene rings is 1. The molecule has 1 saturated heterocycles. The summed E-state index contributed by atoms with van der Waals surface area (Å²) in [5.74, 6) is 0.124. The summed E-state index contributed by atoms with van der Waals surface area (Å²) < 4.78 is 0. The Morgan fingerprint density at radius 3 is 2.41 bits per heavy atom. The van der Waals surface area contributed by atoms with E-state index in [1.165, 1.54) is 5.56 Å². The fourth-order valence-corrected chi connectivity index (χ4v) is 3.33. The van der Waals surface area contributed by atoms with Crippen LogP contribution < -0.4 is 5.73 Å². The maximum Gasteiger partial charge on any atom is 0.228 e. The molecular weight excluding hydrogens is 383 g/mol. The molecule has 27 heavy (non-hydrogen) atoms. The zero-order chi connectivity index (χ0) is 17.6. The third-order valence-electron chi connectivity index (χ3n) is 4.93. The van der Waals surface area contributed by atoms with Gasteiger partial charge in [0.15, 0.2) is 0 Å².